The summed E-state index contributed by atoms with van der Waals surface area (Å²) in [5.41, 5.74) is 1.21. The third-order valence-corrected chi connectivity index (χ3v) is 2.34. The second-order valence-electron chi connectivity index (χ2n) is 3.02. The summed E-state index contributed by atoms with van der Waals surface area (Å²) >= 11 is 5.61. The summed E-state index contributed by atoms with van der Waals surface area (Å²) in [4.78, 5) is 0. The molecule has 1 aromatic carbocycles. The van der Waals surface area contributed by atoms with Gasteiger partial charge in [0.15, 0.2) is 0 Å². The predicted octanol–water partition coefficient (Wildman–Crippen LogP) is 3.44. The van der Waals surface area contributed by atoms with Gasteiger partial charge in [-0.1, -0.05) is 30.3 Å². The Balaban J connectivity index is 2.61. The molecular weight excluding hydrogens is 182 g/mol. The molecule has 1 rings (SSSR count). The van der Waals surface area contributed by atoms with Crippen LogP contribution >= 0.6 is 11.6 Å². The molecule has 0 fully saturated rings. The maximum absolute atomic E-state index is 7.31. The molecule has 0 aliphatic heterocycles. The monoisotopic (exact) mass is 195 g/mol. The fraction of sp³-hybridized carbons (Fsp3) is 0.364. The minimum atomic E-state index is 0.236. The summed E-state index contributed by atoms with van der Waals surface area (Å²) in [6.07, 6.45) is 3.44. The van der Waals surface area contributed by atoms with E-state index in [4.69, 9.17) is 17.0 Å². The van der Waals surface area contributed by atoms with Crippen molar-refractivity contribution in [2.75, 3.05) is 5.88 Å². The molecule has 70 valence electrons. The minimum absolute atomic E-state index is 0.236. The van der Waals surface area contributed by atoms with Crippen LogP contribution in [0.3, 0.4) is 0 Å². The Bertz CT molecular complexity index is 246. The van der Waals surface area contributed by atoms with Gasteiger partial charge in [0.2, 0.25) is 0 Å². The highest BCUT2D eigenvalue weighted by Crippen LogP contribution is 2.18. The summed E-state index contributed by atoms with van der Waals surface area (Å²) in [7, 11) is 0. The number of nitrogens with one attached hydrogen (secondary N) is 1. The summed E-state index contributed by atoms with van der Waals surface area (Å²) in [5, 5.41) is 7.31. The van der Waals surface area contributed by atoms with Gasteiger partial charge in [-0.2, -0.15) is 0 Å². The first-order chi connectivity index (χ1) is 6.38. The maximum atomic E-state index is 7.31. The molecule has 1 unspecified atom stereocenters. The van der Waals surface area contributed by atoms with E-state index < -0.39 is 0 Å². The zero-order chi connectivity index (χ0) is 9.52. The molecule has 0 aliphatic rings. The van der Waals surface area contributed by atoms with Crippen LogP contribution < -0.4 is 0 Å². The predicted molar refractivity (Wildman–Crippen MR) is 57.9 cm³/mol. The van der Waals surface area contributed by atoms with Gasteiger partial charge >= 0.3 is 0 Å². The third-order valence-electron chi connectivity index (χ3n) is 2.08. The van der Waals surface area contributed by atoms with Crippen LogP contribution in [0.1, 0.15) is 24.3 Å². The average Bonchev–Trinajstić information content (AvgIpc) is 2.21. The summed E-state index contributed by atoms with van der Waals surface area (Å²) in [6.45, 7) is 0. The molecule has 1 atom stereocenters. The quantitative estimate of drug-likeness (QED) is 0.550. The van der Waals surface area contributed by atoms with Crippen molar-refractivity contribution in [3.63, 3.8) is 0 Å². The van der Waals surface area contributed by atoms with Crippen LogP contribution in [0.15, 0.2) is 30.3 Å². The van der Waals surface area contributed by atoms with Crippen molar-refractivity contribution in [2.45, 2.75) is 18.8 Å². The van der Waals surface area contributed by atoms with Gasteiger partial charge in [0.1, 0.15) is 0 Å². The Morgan fingerprint density at radius 1 is 1.31 bits per heavy atom. The highest BCUT2D eigenvalue weighted by Gasteiger charge is 2.06. The molecule has 0 saturated carbocycles. The standard InChI is InChI=1S/C11H14ClN/c12-8-4-7-11(9-13)10-5-2-1-3-6-10/h1-3,5-6,9,11,13H,4,7-8H2. The zero-order valence-corrected chi connectivity index (χ0v) is 8.30. The Kier molecular flexibility index (Phi) is 4.55. The van der Waals surface area contributed by atoms with Crippen molar-refractivity contribution in [3.8, 4) is 0 Å². The lowest BCUT2D eigenvalue weighted by molar-refractivity contribution is 0.756. The van der Waals surface area contributed by atoms with Gasteiger partial charge in [-0.15, -0.1) is 11.6 Å². The molecule has 2 heteroatoms. The lowest BCUT2D eigenvalue weighted by atomic mass is 9.96. The van der Waals surface area contributed by atoms with Crippen molar-refractivity contribution < 1.29 is 0 Å². The van der Waals surface area contributed by atoms with E-state index >= 15 is 0 Å². The molecule has 0 heterocycles. The number of benzene rings is 1. The van der Waals surface area contributed by atoms with Crippen molar-refractivity contribution in [1.29, 1.82) is 5.41 Å². The van der Waals surface area contributed by atoms with E-state index in [0.29, 0.717) is 5.88 Å². The number of halogens is 1. The van der Waals surface area contributed by atoms with Crippen molar-refractivity contribution in [3.05, 3.63) is 35.9 Å². The summed E-state index contributed by atoms with van der Waals surface area (Å²) < 4.78 is 0. The van der Waals surface area contributed by atoms with Crippen LogP contribution in [0.5, 0.6) is 0 Å². The van der Waals surface area contributed by atoms with Gasteiger partial charge in [0, 0.05) is 18.0 Å². The SMILES string of the molecule is N=CC(CCCCl)c1ccccc1. The molecule has 0 bridgehead atoms. The second-order valence-corrected chi connectivity index (χ2v) is 3.39. The van der Waals surface area contributed by atoms with Gasteiger partial charge in [-0.25, -0.2) is 0 Å². The third kappa shape index (κ3) is 3.19. The van der Waals surface area contributed by atoms with Gasteiger partial charge in [-0.05, 0) is 18.4 Å². The van der Waals surface area contributed by atoms with Crippen LogP contribution in [0, 0.1) is 5.41 Å². The van der Waals surface area contributed by atoms with E-state index in [9.17, 15) is 0 Å². The largest absolute Gasteiger partial charge is 0.312 e. The lowest BCUT2D eigenvalue weighted by Crippen LogP contribution is -1.99. The van der Waals surface area contributed by atoms with E-state index in [-0.39, 0.29) is 5.92 Å². The van der Waals surface area contributed by atoms with Crippen LogP contribution in [-0.4, -0.2) is 12.1 Å². The van der Waals surface area contributed by atoms with Crippen LogP contribution in [0.25, 0.3) is 0 Å². The van der Waals surface area contributed by atoms with Gasteiger partial charge in [0.05, 0.1) is 0 Å². The lowest BCUT2D eigenvalue weighted by Gasteiger charge is -2.10. The van der Waals surface area contributed by atoms with Gasteiger partial charge in [0.25, 0.3) is 0 Å². The molecule has 0 amide bonds. The molecule has 13 heavy (non-hydrogen) atoms. The van der Waals surface area contributed by atoms with Crippen molar-refractivity contribution in [2.24, 2.45) is 0 Å². The molecule has 0 aromatic heterocycles. The average molecular weight is 196 g/mol. The number of rotatable bonds is 5. The number of hydrogen-bond donors (Lipinski definition) is 1. The molecule has 1 N–H and O–H groups in total. The Labute approximate surface area is 84.2 Å². The first-order valence-electron chi connectivity index (χ1n) is 4.50. The molecule has 1 nitrogen and oxygen atoms in total. The zero-order valence-electron chi connectivity index (χ0n) is 7.54. The molecule has 1 aromatic rings. The van der Waals surface area contributed by atoms with Crippen LogP contribution in [-0.2, 0) is 0 Å². The van der Waals surface area contributed by atoms with Crippen molar-refractivity contribution >= 4 is 17.8 Å². The molecule has 0 spiro atoms. The van der Waals surface area contributed by atoms with Crippen molar-refractivity contribution in [1.82, 2.24) is 0 Å². The fourth-order valence-electron chi connectivity index (χ4n) is 1.34. The Morgan fingerprint density at radius 2 is 2.00 bits per heavy atom. The van der Waals surface area contributed by atoms with E-state index in [1.807, 2.05) is 18.2 Å². The first kappa shape index (κ1) is 10.3. The fourth-order valence-corrected chi connectivity index (χ4v) is 1.50. The second kappa shape index (κ2) is 5.76. The number of hydrogen-bond acceptors (Lipinski definition) is 1. The molecule has 0 aliphatic carbocycles. The van der Waals surface area contributed by atoms with Gasteiger partial charge in [-0.3, -0.25) is 0 Å². The normalized spacial score (nSPS) is 12.4. The van der Waals surface area contributed by atoms with E-state index in [2.05, 4.69) is 12.1 Å². The maximum Gasteiger partial charge on any atom is 0.0223 e. The topological polar surface area (TPSA) is 23.9 Å². The molecule has 0 radical (unpaired) electrons. The van der Waals surface area contributed by atoms with E-state index in [0.717, 1.165) is 12.8 Å². The molecule has 0 saturated heterocycles. The van der Waals surface area contributed by atoms with Gasteiger partial charge < -0.3 is 5.41 Å². The molecular formula is C11H14ClN. The van der Waals surface area contributed by atoms with Crippen LogP contribution in [0.4, 0.5) is 0 Å². The summed E-state index contributed by atoms with van der Waals surface area (Å²) in [6, 6.07) is 10.1. The highest BCUT2D eigenvalue weighted by atomic mass is 35.5. The smallest absolute Gasteiger partial charge is 0.0223 e. The first-order valence-corrected chi connectivity index (χ1v) is 5.03. The van der Waals surface area contributed by atoms with E-state index in [1.54, 1.807) is 0 Å². The van der Waals surface area contributed by atoms with Crippen LogP contribution in [0.2, 0.25) is 0 Å². The number of alkyl halides is 1. The summed E-state index contributed by atoms with van der Waals surface area (Å²) in [5.74, 6) is 0.914. The highest BCUT2D eigenvalue weighted by molar-refractivity contribution is 6.17. The Hall–Kier alpha value is -0.820. The van der Waals surface area contributed by atoms with E-state index in [1.165, 1.54) is 11.8 Å². The Morgan fingerprint density at radius 3 is 2.54 bits per heavy atom. The minimum Gasteiger partial charge on any atom is -0.312 e.